The van der Waals surface area contributed by atoms with E-state index in [2.05, 4.69) is 42.8 Å². The molecule has 2 heterocycles. The van der Waals surface area contributed by atoms with Gasteiger partial charge in [0.25, 0.3) is 0 Å². The maximum absolute atomic E-state index is 12.7. The van der Waals surface area contributed by atoms with Crippen LogP contribution in [0.5, 0.6) is 0 Å². The SMILES string of the molecule is CCCO[C@H]1CC[C@](CC)(N2CCC(n3c(=O)[nH]c4ccc(C)cc43)CC2)CC1. The van der Waals surface area contributed by atoms with Crippen LogP contribution in [-0.4, -0.2) is 45.8 Å². The number of piperidine rings is 1. The summed E-state index contributed by atoms with van der Waals surface area (Å²) in [4.78, 5) is 18.4. The molecule has 160 valence electrons. The summed E-state index contributed by atoms with van der Waals surface area (Å²) >= 11 is 0. The number of nitrogens with one attached hydrogen (secondary N) is 1. The first-order valence-electron chi connectivity index (χ1n) is 11.6. The number of aromatic amines is 1. The van der Waals surface area contributed by atoms with Gasteiger partial charge in [-0.15, -0.1) is 0 Å². The maximum atomic E-state index is 12.7. The Morgan fingerprint density at radius 3 is 2.52 bits per heavy atom. The summed E-state index contributed by atoms with van der Waals surface area (Å²) in [6.45, 7) is 9.70. The van der Waals surface area contributed by atoms with E-state index in [1.807, 2.05) is 10.6 Å². The minimum absolute atomic E-state index is 0.0443. The van der Waals surface area contributed by atoms with Crippen molar-refractivity contribution in [3.8, 4) is 0 Å². The lowest BCUT2D eigenvalue weighted by Crippen LogP contribution is -2.54. The number of ether oxygens (including phenoxy) is 1. The van der Waals surface area contributed by atoms with Gasteiger partial charge in [0, 0.05) is 31.3 Å². The molecule has 1 aliphatic carbocycles. The molecule has 4 rings (SSSR count). The first-order valence-corrected chi connectivity index (χ1v) is 11.6. The van der Waals surface area contributed by atoms with Gasteiger partial charge in [-0.2, -0.15) is 0 Å². The van der Waals surface area contributed by atoms with E-state index in [1.165, 1.54) is 37.7 Å². The van der Waals surface area contributed by atoms with Crippen LogP contribution in [0.15, 0.2) is 23.0 Å². The van der Waals surface area contributed by atoms with Crippen LogP contribution in [0, 0.1) is 6.92 Å². The number of rotatable bonds is 6. The Morgan fingerprint density at radius 1 is 1.14 bits per heavy atom. The Bertz CT molecular complexity index is 868. The topological polar surface area (TPSA) is 50.3 Å². The molecule has 0 unspecified atom stereocenters. The number of aryl methyl sites for hydroxylation is 1. The standard InChI is InChI=1S/C24H37N3O2/c1-4-16-29-20-8-12-24(5-2,13-9-20)26-14-10-19(11-15-26)27-22-17-18(3)6-7-21(22)25-23(27)28/h6-7,17,19-20H,4-5,8-16H2,1-3H3,(H,25,28)/t20-,24-. The van der Waals surface area contributed by atoms with Crippen molar-refractivity contribution < 1.29 is 4.74 Å². The number of H-pyrrole nitrogens is 1. The number of imidazole rings is 1. The second-order valence-electron chi connectivity index (χ2n) is 9.19. The summed E-state index contributed by atoms with van der Waals surface area (Å²) in [6.07, 6.45) is 9.75. The predicted octanol–water partition coefficient (Wildman–Crippen LogP) is 4.79. The van der Waals surface area contributed by atoms with Gasteiger partial charge in [-0.25, -0.2) is 4.79 Å². The van der Waals surface area contributed by atoms with E-state index in [0.717, 1.165) is 50.0 Å². The van der Waals surface area contributed by atoms with Crippen molar-refractivity contribution in [2.45, 2.75) is 89.8 Å². The van der Waals surface area contributed by atoms with Gasteiger partial charge in [0.1, 0.15) is 0 Å². The molecule has 1 aliphatic heterocycles. The van der Waals surface area contributed by atoms with Gasteiger partial charge in [-0.3, -0.25) is 9.47 Å². The fourth-order valence-corrected chi connectivity index (χ4v) is 5.67. The van der Waals surface area contributed by atoms with Crippen LogP contribution in [-0.2, 0) is 4.74 Å². The highest BCUT2D eigenvalue weighted by atomic mass is 16.5. The lowest BCUT2D eigenvalue weighted by Gasteiger charge is -2.50. The third-order valence-electron chi connectivity index (χ3n) is 7.45. The fourth-order valence-electron chi connectivity index (χ4n) is 5.67. The summed E-state index contributed by atoms with van der Waals surface area (Å²) < 4.78 is 8.05. The number of hydrogen-bond acceptors (Lipinski definition) is 3. The lowest BCUT2D eigenvalue weighted by atomic mass is 9.76. The van der Waals surface area contributed by atoms with Gasteiger partial charge in [-0.1, -0.05) is 19.9 Å². The number of aromatic nitrogens is 2. The summed E-state index contributed by atoms with van der Waals surface area (Å²) in [5.74, 6) is 0. The summed E-state index contributed by atoms with van der Waals surface area (Å²) in [5, 5.41) is 0. The molecule has 5 nitrogen and oxygen atoms in total. The molecule has 5 heteroatoms. The maximum Gasteiger partial charge on any atom is 0.326 e. The van der Waals surface area contributed by atoms with Crippen LogP contribution >= 0.6 is 0 Å². The third-order valence-corrected chi connectivity index (χ3v) is 7.45. The van der Waals surface area contributed by atoms with Crippen LogP contribution in [0.25, 0.3) is 11.0 Å². The Hall–Kier alpha value is -1.59. The number of fused-ring (bicyclic) bond motifs is 1. The molecule has 2 aliphatic rings. The van der Waals surface area contributed by atoms with Gasteiger partial charge in [0.15, 0.2) is 0 Å². The Kier molecular flexibility index (Phi) is 6.16. The third kappa shape index (κ3) is 4.04. The van der Waals surface area contributed by atoms with Gasteiger partial charge >= 0.3 is 5.69 Å². The predicted molar refractivity (Wildman–Crippen MR) is 119 cm³/mol. The summed E-state index contributed by atoms with van der Waals surface area (Å²) in [6, 6.07) is 6.54. The summed E-state index contributed by atoms with van der Waals surface area (Å²) in [7, 11) is 0. The minimum atomic E-state index is 0.0443. The molecule has 2 aromatic rings. The first-order chi connectivity index (χ1) is 14.1. The van der Waals surface area contributed by atoms with E-state index in [9.17, 15) is 4.79 Å². The van der Waals surface area contributed by atoms with Crippen molar-refractivity contribution in [2.75, 3.05) is 19.7 Å². The largest absolute Gasteiger partial charge is 0.378 e. The summed E-state index contributed by atoms with van der Waals surface area (Å²) in [5.41, 5.74) is 3.60. The molecule has 1 aromatic heterocycles. The minimum Gasteiger partial charge on any atom is -0.378 e. The number of nitrogens with zero attached hydrogens (tertiary/aromatic N) is 2. The molecular weight excluding hydrogens is 362 g/mol. The van der Waals surface area contributed by atoms with Gasteiger partial charge < -0.3 is 9.72 Å². The molecule has 1 saturated heterocycles. The highest BCUT2D eigenvalue weighted by Gasteiger charge is 2.40. The van der Waals surface area contributed by atoms with Crippen molar-refractivity contribution >= 4 is 11.0 Å². The number of hydrogen-bond donors (Lipinski definition) is 1. The van der Waals surface area contributed by atoms with E-state index < -0.39 is 0 Å². The second-order valence-corrected chi connectivity index (χ2v) is 9.19. The molecule has 29 heavy (non-hydrogen) atoms. The quantitative estimate of drug-likeness (QED) is 0.759. The van der Waals surface area contributed by atoms with Crippen molar-refractivity contribution in [3.63, 3.8) is 0 Å². The molecule has 1 saturated carbocycles. The second kappa shape index (κ2) is 8.65. The molecule has 0 spiro atoms. The van der Waals surface area contributed by atoms with Crippen LogP contribution in [0.3, 0.4) is 0 Å². The zero-order valence-corrected chi connectivity index (χ0v) is 18.4. The number of benzene rings is 1. The van der Waals surface area contributed by atoms with Crippen LogP contribution in [0.2, 0.25) is 0 Å². The highest BCUT2D eigenvalue weighted by molar-refractivity contribution is 5.76. The molecular formula is C24H37N3O2. The van der Waals surface area contributed by atoms with E-state index in [0.29, 0.717) is 17.7 Å². The number of likely N-dealkylation sites (tertiary alicyclic amines) is 1. The highest BCUT2D eigenvalue weighted by Crippen LogP contribution is 2.40. The molecule has 0 amide bonds. The zero-order chi connectivity index (χ0) is 20.4. The van der Waals surface area contributed by atoms with Gasteiger partial charge in [-0.05, 0) is 76.0 Å². The lowest BCUT2D eigenvalue weighted by molar-refractivity contribution is -0.0396. The molecule has 2 fully saturated rings. The van der Waals surface area contributed by atoms with Crippen LogP contribution in [0.4, 0.5) is 0 Å². The van der Waals surface area contributed by atoms with Gasteiger partial charge in [0.2, 0.25) is 0 Å². The molecule has 0 bridgehead atoms. The Balaban J connectivity index is 1.44. The molecule has 0 radical (unpaired) electrons. The molecule has 1 N–H and O–H groups in total. The zero-order valence-electron chi connectivity index (χ0n) is 18.4. The molecule has 0 atom stereocenters. The van der Waals surface area contributed by atoms with Crippen LogP contribution < -0.4 is 5.69 Å². The molecule has 1 aromatic carbocycles. The van der Waals surface area contributed by atoms with E-state index in [4.69, 9.17) is 4.74 Å². The van der Waals surface area contributed by atoms with Crippen molar-refractivity contribution in [2.24, 2.45) is 0 Å². The Labute approximate surface area is 174 Å². The van der Waals surface area contributed by atoms with Crippen molar-refractivity contribution in [1.29, 1.82) is 0 Å². The van der Waals surface area contributed by atoms with Crippen molar-refractivity contribution in [1.82, 2.24) is 14.5 Å². The normalized spacial score (nSPS) is 26.9. The van der Waals surface area contributed by atoms with E-state index >= 15 is 0 Å². The first kappa shape index (κ1) is 20.7. The van der Waals surface area contributed by atoms with E-state index in [1.54, 1.807) is 0 Å². The Morgan fingerprint density at radius 2 is 1.86 bits per heavy atom. The average molecular weight is 400 g/mol. The fraction of sp³-hybridized carbons (Fsp3) is 0.708. The smallest absolute Gasteiger partial charge is 0.326 e. The average Bonchev–Trinajstić information content (AvgIpc) is 3.07. The monoisotopic (exact) mass is 399 g/mol. The van der Waals surface area contributed by atoms with Crippen LogP contribution in [0.1, 0.15) is 76.8 Å². The van der Waals surface area contributed by atoms with Crippen molar-refractivity contribution in [3.05, 3.63) is 34.2 Å². The van der Waals surface area contributed by atoms with E-state index in [-0.39, 0.29) is 5.69 Å². The van der Waals surface area contributed by atoms with Gasteiger partial charge in [0.05, 0.1) is 17.1 Å².